The highest BCUT2D eigenvalue weighted by molar-refractivity contribution is 6.31. The number of carbonyl (C=O) groups excluding carboxylic acids is 1. The molecule has 0 aliphatic rings. The molecule has 2 aromatic carbocycles. The zero-order valence-electron chi connectivity index (χ0n) is 15.5. The molecule has 1 amide bonds. The molecular weight excluding hydrogens is 378 g/mol. The molecule has 0 bridgehead atoms. The third kappa shape index (κ3) is 4.72. The van der Waals surface area contributed by atoms with Crippen molar-refractivity contribution in [3.63, 3.8) is 0 Å². The molecule has 6 nitrogen and oxygen atoms in total. The molecule has 0 radical (unpaired) electrons. The van der Waals surface area contributed by atoms with E-state index in [0.29, 0.717) is 45.8 Å². The van der Waals surface area contributed by atoms with Gasteiger partial charge in [0.15, 0.2) is 0 Å². The maximum Gasteiger partial charge on any atom is 0.257 e. The fourth-order valence-corrected chi connectivity index (χ4v) is 2.78. The van der Waals surface area contributed by atoms with Gasteiger partial charge in [0, 0.05) is 11.2 Å². The maximum atomic E-state index is 12.7. The zero-order valence-corrected chi connectivity index (χ0v) is 16.3. The third-order valence-electron chi connectivity index (χ3n) is 3.88. The maximum absolute atomic E-state index is 12.7. The van der Waals surface area contributed by atoms with Crippen molar-refractivity contribution in [3.05, 3.63) is 71.5 Å². The summed E-state index contributed by atoms with van der Waals surface area (Å²) in [7, 11) is 1.58. The average molecular weight is 398 g/mol. The lowest BCUT2D eigenvalue weighted by molar-refractivity contribution is 0.102. The number of methoxy groups -OCH3 is 1. The second-order valence-corrected chi connectivity index (χ2v) is 6.25. The number of ether oxygens (including phenoxy) is 2. The Kier molecular flexibility index (Phi) is 6.34. The van der Waals surface area contributed by atoms with Gasteiger partial charge in [-0.05, 0) is 43.3 Å². The first-order valence-electron chi connectivity index (χ1n) is 8.69. The summed E-state index contributed by atoms with van der Waals surface area (Å²) < 4.78 is 10.9. The number of pyridine rings is 1. The first-order chi connectivity index (χ1) is 13.6. The number of anilines is 3. The van der Waals surface area contributed by atoms with E-state index >= 15 is 0 Å². The number of amides is 1. The Hall–Kier alpha value is -3.25. The molecule has 2 N–H and O–H groups in total. The fourth-order valence-electron chi connectivity index (χ4n) is 2.61. The van der Waals surface area contributed by atoms with Crippen molar-refractivity contribution >= 4 is 34.6 Å². The summed E-state index contributed by atoms with van der Waals surface area (Å²) in [4.78, 5) is 16.8. The number of hydrogen-bond acceptors (Lipinski definition) is 5. The van der Waals surface area contributed by atoms with Crippen LogP contribution in [0.4, 0.5) is 17.1 Å². The number of rotatable bonds is 7. The van der Waals surface area contributed by atoms with Crippen LogP contribution in [0.25, 0.3) is 0 Å². The normalized spacial score (nSPS) is 10.2. The van der Waals surface area contributed by atoms with Gasteiger partial charge in [-0.3, -0.25) is 9.78 Å². The summed E-state index contributed by atoms with van der Waals surface area (Å²) in [5.74, 6) is 0.954. The number of benzene rings is 2. The van der Waals surface area contributed by atoms with Crippen LogP contribution in [0.15, 0.2) is 60.9 Å². The number of para-hydroxylation sites is 2. The van der Waals surface area contributed by atoms with Gasteiger partial charge in [-0.15, -0.1) is 0 Å². The van der Waals surface area contributed by atoms with Gasteiger partial charge < -0.3 is 20.1 Å². The lowest BCUT2D eigenvalue weighted by Gasteiger charge is -2.13. The van der Waals surface area contributed by atoms with Crippen LogP contribution < -0.4 is 20.1 Å². The Morgan fingerprint density at radius 3 is 2.68 bits per heavy atom. The lowest BCUT2D eigenvalue weighted by Crippen LogP contribution is -2.13. The Morgan fingerprint density at radius 2 is 1.89 bits per heavy atom. The molecule has 0 saturated carbocycles. The molecule has 0 saturated heterocycles. The van der Waals surface area contributed by atoms with Crippen molar-refractivity contribution in [1.82, 2.24) is 4.98 Å². The summed E-state index contributed by atoms with van der Waals surface area (Å²) in [6, 6.07) is 14.2. The molecule has 1 heterocycles. The standard InChI is InChI=1S/C21H20ClN3O3/c1-3-28-20-7-5-4-6-17(20)25-21(26)14-10-16(13-23-12-14)24-18-11-15(22)8-9-19(18)27-2/h4-13,24H,3H2,1-2H3,(H,25,26). The van der Waals surface area contributed by atoms with Crippen molar-refractivity contribution in [1.29, 1.82) is 0 Å². The third-order valence-corrected chi connectivity index (χ3v) is 4.11. The average Bonchev–Trinajstić information content (AvgIpc) is 2.70. The van der Waals surface area contributed by atoms with Crippen molar-refractivity contribution in [2.24, 2.45) is 0 Å². The van der Waals surface area contributed by atoms with Gasteiger partial charge in [0.25, 0.3) is 5.91 Å². The van der Waals surface area contributed by atoms with E-state index in [4.69, 9.17) is 21.1 Å². The highest BCUT2D eigenvalue weighted by Crippen LogP contribution is 2.30. The minimum absolute atomic E-state index is 0.290. The summed E-state index contributed by atoms with van der Waals surface area (Å²) in [6.07, 6.45) is 3.12. The predicted octanol–water partition coefficient (Wildman–Crippen LogP) is 5.14. The van der Waals surface area contributed by atoms with Gasteiger partial charge in [0.05, 0.1) is 42.5 Å². The first-order valence-corrected chi connectivity index (χ1v) is 9.07. The molecule has 0 aliphatic heterocycles. The molecule has 28 heavy (non-hydrogen) atoms. The van der Waals surface area contributed by atoms with Crippen LogP contribution >= 0.6 is 11.6 Å². The van der Waals surface area contributed by atoms with Crippen LogP contribution in [-0.4, -0.2) is 24.6 Å². The summed E-state index contributed by atoms with van der Waals surface area (Å²) >= 11 is 6.07. The zero-order chi connectivity index (χ0) is 19.9. The van der Waals surface area contributed by atoms with Crippen LogP contribution in [0.1, 0.15) is 17.3 Å². The Balaban J connectivity index is 1.80. The summed E-state index contributed by atoms with van der Waals surface area (Å²) in [5.41, 5.74) is 2.31. The van der Waals surface area contributed by atoms with E-state index in [0.717, 1.165) is 0 Å². The van der Waals surface area contributed by atoms with E-state index in [1.807, 2.05) is 19.1 Å². The fraction of sp³-hybridized carbons (Fsp3) is 0.143. The van der Waals surface area contributed by atoms with E-state index in [9.17, 15) is 4.79 Å². The van der Waals surface area contributed by atoms with Gasteiger partial charge in [-0.1, -0.05) is 23.7 Å². The number of nitrogens with zero attached hydrogens (tertiary/aromatic N) is 1. The first kappa shape index (κ1) is 19.5. The van der Waals surface area contributed by atoms with Crippen LogP contribution in [0, 0.1) is 0 Å². The van der Waals surface area contributed by atoms with E-state index in [1.54, 1.807) is 49.7 Å². The molecule has 0 atom stereocenters. The summed E-state index contributed by atoms with van der Waals surface area (Å²) in [5, 5.41) is 6.60. The van der Waals surface area contributed by atoms with Gasteiger partial charge >= 0.3 is 0 Å². The second kappa shape index (κ2) is 9.10. The van der Waals surface area contributed by atoms with Gasteiger partial charge in [0.2, 0.25) is 0 Å². The lowest BCUT2D eigenvalue weighted by atomic mass is 10.2. The molecule has 1 aromatic heterocycles. The van der Waals surface area contributed by atoms with Gasteiger partial charge in [0.1, 0.15) is 11.5 Å². The van der Waals surface area contributed by atoms with Crippen LogP contribution in [0.5, 0.6) is 11.5 Å². The van der Waals surface area contributed by atoms with Crippen LogP contribution in [-0.2, 0) is 0 Å². The SMILES string of the molecule is CCOc1ccccc1NC(=O)c1cncc(Nc2cc(Cl)ccc2OC)c1. The predicted molar refractivity (Wildman–Crippen MR) is 111 cm³/mol. The van der Waals surface area contributed by atoms with Gasteiger partial charge in [-0.25, -0.2) is 0 Å². The molecule has 3 rings (SSSR count). The molecule has 3 aromatic rings. The number of aromatic nitrogens is 1. The molecule has 0 spiro atoms. The Labute approximate surface area is 168 Å². The monoisotopic (exact) mass is 397 g/mol. The molecule has 7 heteroatoms. The Morgan fingerprint density at radius 1 is 1.07 bits per heavy atom. The van der Waals surface area contributed by atoms with Crippen LogP contribution in [0.3, 0.4) is 0 Å². The number of carbonyl (C=O) groups is 1. The molecule has 0 fully saturated rings. The van der Waals surface area contributed by atoms with Crippen LogP contribution in [0.2, 0.25) is 5.02 Å². The van der Waals surface area contributed by atoms with E-state index in [2.05, 4.69) is 15.6 Å². The number of hydrogen-bond donors (Lipinski definition) is 2. The quantitative estimate of drug-likeness (QED) is 0.577. The van der Waals surface area contributed by atoms with Crippen molar-refractivity contribution in [2.75, 3.05) is 24.4 Å². The van der Waals surface area contributed by atoms with Gasteiger partial charge in [-0.2, -0.15) is 0 Å². The van der Waals surface area contributed by atoms with Crippen molar-refractivity contribution in [2.45, 2.75) is 6.92 Å². The van der Waals surface area contributed by atoms with E-state index in [-0.39, 0.29) is 5.91 Å². The van der Waals surface area contributed by atoms with E-state index in [1.165, 1.54) is 6.20 Å². The Bertz CT molecular complexity index is 979. The molecule has 144 valence electrons. The highest BCUT2D eigenvalue weighted by atomic mass is 35.5. The smallest absolute Gasteiger partial charge is 0.257 e. The number of nitrogens with one attached hydrogen (secondary N) is 2. The highest BCUT2D eigenvalue weighted by Gasteiger charge is 2.12. The molecular formula is C21H20ClN3O3. The molecule has 0 aliphatic carbocycles. The van der Waals surface area contributed by atoms with Crippen molar-refractivity contribution in [3.8, 4) is 11.5 Å². The second-order valence-electron chi connectivity index (χ2n) is 5.82. The minimum Gasteiger partial charge on any atom is -0.495 e. The minimum atomic E-state index is -0.290. The van der Waals surface area contributed by atoms with Crippen molar-refractivity contribution < 1.29 is 14.3 Å². The molecule has 0 unspecified atom stereocenters. The number of halogens is 1. The largest absolute Gasteiger partial charge is 0.495 e. The summed E-state index contributed by atoms with van der Waals surface area (Å²) in [6.45, 7) is 2.40. The topological polar surface area (TPSA) is 72.5 Å². The van der Waals surface area contributed by atoms with E-state index < -0.39 is 0 Å².